The Morgan fingerprint density at radius 1 is 1.18 bits per heavy atom. The topological polar surface area (TPSA) is 67.8 Å². The van der Waals surface area contributed by atoms with E-state index in [1.54, 1.807) is 0 Å². The highest BCUT2D eigenvalue weighted by molar-refractivity contribution is 6.31. The zero-order valence-electron chi connectivity index (χ0n) is 14.4. The molecule has 2 aromatic heterocycles. The minimum Gasteiger partial charge on any atom is -0.350 e. The van der Waals surface area contributed by atoms with Crippen LogP contribution in [0.2, 0.25) is 5.02 Å². The van der Waals surface area contributed by atoms with Crippen molar-refractivity contribution in [2.45, 2.75) is 37.3 Å². The van der Waals surface area contributed by atoms with E-state index in [1.165, 1.54) is 0 Å². The van der Waals surface area contributed by atoms with Crippen molar-refractivity contribution in [2.75, 3.05) is 6.54 Å². The summed E-state index contributed by atoms with van der Waals surface area (Å²) in [6.45, 7) is 0.567. The number of hydrogen-bond acceptors (Lipinski definition) is 4. The van der Waals surface area contributed by atoms with Crippen LogP contribution in [0.15, 0.2) is 24.7 Å². The van der Waals surface area contributed by atoms with E-state index in [0.29, 0.717) is 26.0 Å². The molecule has 1 aliphatic carbocycles. The minimum absolute atomic E-state index is 0.0325. The Balaban J connectivity index is 1.78. The Bertz CT molecular complexity index is 909. The number of carbonyl (C=O) groups excluding carboxylic acids is 1. The number of pyridine rings is 1. The second-order valence-electron chi connectivity index (χ2n) is 6.66. The van der Waals surface area contributed by atoms with Crippen LogP contribution in [0.1, 0.15) is 47.2 Å². The lowest BCUT2D eigenvalue weighted by molar-refractivity contribution is -0.137. The molecule has 28 heavy (non-hydrogen) atoms. The Labute approximate surface area is 161 Å². The summed E-state index contributed by atoms with van der Waals surface area (Å²) in [6.07, 6.45) is -0.663. The number of nitrogens with zero attached hydrogens (tertiary/aromatic N) is 3. The van der Waals surface area contributed by atoms with Gasteiger partial charge < -0.3 is 5.32 Å². The lowest BCUT2D eigenvalue weighted by Gasteiger charge is -2.19. The summed E-state index contributed by atoms with van der Waals surface area (Å²) in [5, 5.41) is 2.32. The molecule has 1 aliphatic rings. The highest BCUT2D eigenvalue weighted by Gasteiger charge is 2.48. The minimum atomic E-state index is -4.58. The summed E-state index contributed by atoms with van der Waals surface area (Å²) >= 11 is 5.98. The lowest BCUT2D eigenvalue weighted by Crippen LogP contribution is -2.35. The summed E-state index contributed by atoms with van der Waals surface area (Å²) in [6, 6.07) is 0.782. The molecule has 0 unspecified atom stereocenters. The highest BCUT2D eigenvalue weighted by Crippen LogP contribution is 2.49. The Morgan fingerprint density at radius 3 is 2.36 bits per heavy atom. The molecular weight excluding hydrogens is 407 g/mol. The average Bonchev–Trinajstić information content (AvgIpc) is 3.39. The maximum atomic E-state index is 13.6. The van der Waals surface area contributed by atoms with Crippen molar-refractivity contribution in [1.29, 1.82) is 0 Å². The van der Waals surface area contributed by atoms with Gasteiger partial charge in [-0.3, -0.25) is 14.8 Å². The molecule has 0 saturated heterocycles. The number of amides is 1. The zero-order chi connectivity index (χ0) is 20.7. The first kappa shape index (κ1) is 20.4. The van der Waals surface area contributed by atoms with E-state index in [0.717, 1.165) is 18.5 Å². The van der Waals surface area contributed by atoms with E-state index in [-0.39, 0.29) is 17.3 Å². The first-order valence-electron chi connectivity index (χ1n) is 8.15. The standard InChI is InChI=1S/C17H14ClF5N4O/c1-15(19,20)13-11(24-4-5-25-13)14(28)27-8-16(2-3-16)12-10(18)6-9(7-26-12)17(21,22)23/h4-7H,2-3,8H2,1H3,(H,27,28). The summed E-state index contributed by atoms with van der Waals surface area (Å²) in [5.74, 6) is -4.23. The van der Waals surface area contributed by atoms with Crippen LogP contribution >= 0.6 is 11.6 Å². The van der Waals surface area contributed by atoms with Gasteiger partial charge in [-0.15, -0.1) is 0 Å². The van der Waals surface area contributed by atoms with Crippen LogP contribution in [0.3, 0.4) is 0 Å². The van der Waals surface area contributed by atoms with Gasteiger partial charge in [0.15, 0.2) is 5.69 Å². The normalized spacial score (nSPS) is 16.0. The van der Waals surface area contributed by atoms with Crippen LogP contribution in [-0.4, -0.2) is 27.4 Å². The summed E-state index contributed by atoms with van der Waals surface area (Å²) in [4.78, 5) is 23.4. The number of alkyl halides is 5. The van der Waals surface area contributed by atoms with Gasteiger partial charge in [-0.2, -0.15) is 22.0 Å². The molecule has 5 nitrogen and oxygen atoms in total. The second kappa shape index (κ2) is 6.91. The molecule has 1 N–H and O–H groups in total. The molecule has 150 valence electrons. The third-order valence-electron chi connectivity index (χ3n) is 4.44. The number of rotatable bonds is 5. The predicted molar refractivity (Wildman–Crippen MR) is 89.1 cm³/mol. The molecule has 0 bridgehead atoms. The maximum Gasteiger partial charge on any atom is 0.417 e. The van der Waals surface area contributed by atoms with E-state index in [2.05, 4.69) is 20.3 Å². The SMILES string of the molecule is CC(F)(F)c1nccnc1C(=O)NCC1(c2ncc(C(F)(F)F)cc2Cl)CC1. The monoisotopic (exact) mass is 420 g/mol. The summed E-state index contributed by atoms with van der Waals surface area (Å²) in [7, 11) is 0. The van der Waals surface area contributed by atoms with Crippen LogP contribution in [0, 0.1) is 0 Å². The van der Waals surface area contributed by atoms with Crippen molar-refractivity contribution in [2.24, 2.45) is 0 Å². The van der Waals surface area contributed by atoms with Gasteiger partial charge >= 0.3 is 6.18 Å². The third-order valence-corrected chi connectivity index (χ3v) is 4.73. The van der Waals surface area contributed by atoms with E-state index < -0.39 is 40.4 Å². The number of hydrogen-bond donors (Lipinski definition) is 1. The zero-order valence-corrected chi connectivity index (χ0v) is 15.2. The largest absolute Gasteiger partial charge is 0.417 e. The first-order chi connectivity index (χ1) is 12.9. The molecule has 1 amide bonds. The van der Waals surface area contributed by atoms with Gasteiger partial charge in [-0.25, -0.2) is 4.98 Å². The Morgan fingerprint density at radius 2 is 1.82 bits per heavy atom. The molecular formula is C17H14ClF5N4O. The van der Waals surface area contributed by atoms with Crippen molar-refractivity contribution in [3.05, 3.63) is 52.3 Å². The first-order valence-corrected chi connectivity index (χ1v) is 8.52. The molecule has 2 aromatic rings. The summed E-state index contributed by atoms with van der Waals surface area (Å²) in [5.41, 5.74) is -2.77. The Kier molecular flexibility index (Phi) is 5.03. The van der Waals surface area contributed by atoms with Gasteiger partial charge in [-0.1, -0.05) is 11.6 Å². The lowest BCUT2D eigenvalue weighted by atomic mass is 10.0. The van der Waals surface area contributed by atoms with E-state index in [9.17, 15) is 26.7 Å². The molecule has 0 spiro atoms. The fourth-order valence-electron chi connectivity index (χ4n) is 2.79. The van der Waals surface area contributed by atoms with Crippen molar-refractivity contribution >= 4 is 17.5 Å². The highest BCUT2D eigenvalue weighted by atomic mass is 35.5. The van der Waals surface area contributed by atoms with Crippen LogP contribution in [0.5, 0.6) is 0 Å². The predicted octanol–water partition coefficient (Wildman–Crippen LogP) is 4.12. The third kappa shape index (κ3) is 4.06. The fraction of sp³-hybridized carbons (Fsp3) is 0.412. The van der Waals surface area contributed by atoms with Crippen molar-refractivity contribution in [3.8, 4) is 0 Å². The molecule has 1 saturated carbocycles. The second-order valence-corrected chi connectivity index (χ2v) is 7.06. The quantitative estimate of drug-likeness (QED) is 0.739. The van der Waals surface area contributed by atoms with Gasteiger partial charge in [0.05, 0.1) is 16.3 Å². The van der Waals surface area contributed by atoms with Crippen molar-refractivity contribution in [1.82, 2.24) is 20.3 Å². The molecule has 0 aliphatic heterocycles. The Hall–Kier alpha value is -2.36. The van der Waals surface area contributed by atoms with E-state index >= 15 is 0 Å². The van der Waals surface area contributed by atoms with E-state index in [1.807, 2.05) is 0 Å². The van der Waals surface area contributed by atoms with Crippen molar-refractivity contribution in [3.63, 3.8) is 0 Å². The molecule has 0 radical (unpaired) electrons. The van der Waals surface area contributed by atoms with Gasteiger partial charge in [-0.05, 0) is 18.9 Å². The molecule has 2 heterocycles. The maximum absolute atomic E-state index is 13.6. The van der Waals surface area contributed by atoms with E-state index in [4.69, 9.17) is 11.6 Å². The fourth-order valence-corrected chi connectivity index (χ4v) is 3.16. The number of halogens is 6. The number of carbonyl (C=O) groups is 1. The molecule has 1 fully saturated rings. The molecule has 0 atom stereocenters. The number of aromatic nitrogens is 3. The van der Waals surface area contributed by atoms with Crippen LogP contribution in [0.4, 0.5) is 22.0 Å². The molecule has 3 rings (SSSR count). The van der Waals surface area contributed by atoms with Crippen LogP contribution < -0.4 is 5.32 Å². The van der Waals surface area contributed by atoms with Gasteiger partial charge in [0, 0.05) is 37.5 Å². The van der Waals surface area contributed by atoms with Gasteiger partial charge in [0.25, 0.3) is 11.8 Å². The molecule has 0 aromatic carbocycles. The van der Waals surface area contributed by atoms with Gasteiger partial charge in [0.2, 0.25) is 0 Å². The average molecular weight is 421 g/mol. The molecule has 11 heteroatoms. The smallest absolute Gasteiger partial charge is 0.350 e. The van der Waals surface area contributed by atoms with Crippen LogP contribution in [-0.2, 0) is 17.5 Å². The summed E-state index contributed by atoms with van der Waals surface area (Å²) < 4.78 is 65.5. The van der Waals surface area contributed by atoms with Crippen LogP contribution in [0.25, 0.3) is 0 Å². The van der Waals surface area contributed by atoms with Crippen molar-refractivity contribution < 1.29 is 26.7 Å². The number of nitrogens with one attached hydrogen (secondary N) is 1. The van der Waals surface area contributed by atoms with Gasteiger partial charge in [0.1, 0.15) is 5.69 Å².